The Labute approximate surface area is 69.8 Å². The molecule has 0 bridgehead atoms. The molecular formula is C8H12Ru. The van der Waals surface area contributed by atoms with E-state index in [-0.39, 0.29) is 19.5 Å². The molecule has 0 aromatic rings. The molecule has 52 valence electrons. The van der Waals surface area contributed by atoms with Crippen molar-refractivity contribution in [1.82, 2.24) is 0 Å². The van der Waals surface area contributed by atoms with E-state index in [4.69, 9.17) is 0 Å². The molecule has 0 saturated heterocycles. The van der Waals surface area contributed by atoms with E-state index in [0.29, 0.717) is 0 Å². The zero-order chi connectivity index (χ0) is 5.66. The molecular weight excluding hydrogens is 197 g/mol. The van der Waals surface area contributed by atoms with Crippen LogP contribution < -0.4 is 0 Å². The van der Waals surface area contributed by atoms with Crippen LogP contribution in [0.15, 0.2) is 24.3 Å². The molecule has 1 aliphatic rings. The second kappa shape index (κ2) is 6.23. The molecule has 1 aliphatic carbocycles. The molecule has 1 heteroatoms. The summed E-state index contributed by atoms with van der Waals surface area (Å²) in [6.07, 6.45) is 14.0. The Kier molecular flexibility index (Phi) is 6.30. The summed E-state index contributed by atoms with van der Waals surface area (Å²) in [5.74, 6) is 0. The number of hydrogen-bond acceptors (Lipinski definition) is 0. The van der Waals surface area contributed by atoms with E-state index in [1.54, 1.807) is 0 Å². The molecule has 0 atom stereocenters. The van der Waals surface area contributed by atoms with Crippen LogP contribution in [0.25, 0.3) is 0 Å². The maximum absolute atomic E-state index is 2.27. The van der Waals surface area contributed by atoms with Crippen LogP contribution in [-0.2, 0) is 19.5 Å². The van der Waals surface area contributed by atoms with E-state index in [1.807, 2.05) is 0 Å². The maximum Gasteiger partial charge on any atom is 0 e. The van der Waals surface area contributed by atoms with Crippen LogP contribution in [0.2, 0.25) is 0 Å². The van der Waals surface area contributed by atoms with Gasteiger partial charge < -0.3 is 0 Å². The molecule has 0 amide bonds. The summed E-state index contributed by atoms with van der Waals surface area (Å²) < 4.78 is 0. The maximum atomic E-state index is 2.27. The van der Waals surface area contributed by atoms with Gasteiger partial charge in [-0.15, -0.1) is 0 Å². The molecule has 0 spiro atoms. The Morgan fingerprint density at radius 3 is 1.00 bits per heavy atom. The molecule has 0 radical (unpaired) electrons. The van der Waals surface area contributed by atoms with Crippen molar-refractivity contribution in [2.24, 2.45) is 0 Å². The standard InChI is InChI=1S/C8H12.Ru/c1-2-4-6-8-7-5-3-1;/h1-2,7-8H,3-6H2;/b2-1-,8-7?;. The third kappa shape index (κ3) is 4.60. The molecule has 0 heterocycles. The Bertz CT molecular complexity index is 77.1. The van der Waals surface area contributed by atoms with Gasteiger partial charge in [-0.2, -0.15) is 0 Å². The predicted molar refractivity (Wildman–Crippen MR) is 36.7 cm³/mol. The normalized spacial score (nSPS) is 21.3. The molecule has 0 aromatic heterocycles. The molecule has 0 nitrogen and oxygen atoms in total. The van der Waals surface area contributed by atoms with E-state index in [2.05, 4.69) is 24.3 Å². The minimum Gasteiger partial charge on any atom is -0.0882 e. The van der Waals surface area contributed by atoms with Gasteiger partial charge in [0.15, 0.2) is 0 Å². The number of allylic oxidation sites excluding steroid dienone is 4. The van der Waals surface area contributed by atoms with Crippen molar-refractivity contribution in [2.45, 2.75) is 25.7 Å². The van der Waals surface area contributed by atoms with Crippen molar-refractivity contribution < 1.29 is 19.5 Å². The Morgan fingerprint density at radius 1 is 0.556 bits per heavy atom. The average Bonchev–Trinajstić information content (AvgIpc) is 1.62. The summed E-state index contributed by atoms with van der Waals surface area (Å²) in [5, 5.41) is 0. The van der Waals surface area contributed by atoms with Crippen LogP contribution >= 0.6 is 0 Å². The number of rotatable bonds is 0. The summed E-state index contributed by atoms with van der Waals surface area (Å²) in [5.41, 5.74) is 0. The van der Waals surface area contributed by atoms with Crippen molar-refractivity contribution in [3.63, 3.8) is 0 Å². The molecule has 0 N–H and O–H groups in total. The van der Waals surface area contributed by atoms with Gasteiger partial charge in [0, 0.05) is 19.5 Å². The van der Waals surface area contributed by atoms with Crippen molar-refractivity contribution in [3.8, 4) is 0 Å². The number of hydrogen-bond donors (Lipinski definition) is 0. The first-order valence-electron chi connectivity index (χ1n) is 3.30. The molecule has 0 fully saturated rings. The third-order valence-corrected chi connectivity index (χ3v) is 1.33. The van der Waals surface area contributed by atoms with E-state index < -0.39 is 0 Å². The van der Waals surface area contributed by atoms with Crippen LogP contribution in [0.4, 0.5) is 0 Å². The van der Waals surface area contributed by atoms with Gasteiger partial charge in [0.1, 0.15) is 0 Å². The minimum absolute atomic E-state index is 0. The van der Waals surface area contributed by atoms with Crippen molar-refractivity contribution in [1.29, 1.82) is 0 Å². The Morgan fingerprint density at radius 2 is 0.778 bits per heavy atom. The summed E-state index contributed by atoms with van der Waals surface area (Å²) in [6, 6.07) is 0. The monoisotopic (exact) mass is 210 g/mol. The van der Waals surface area contributed by atoms with Gasteiger partial charge in [-0.1, -0.05) is 24.3 Å². The fraction of sp³-hybridized carbons (Fsp3) is 0.500. The first-order valence-corrected chi connectivity index (χ1v) is 3.30. The van der Waals surface area contributed by atoms with Gasteiger partial charge in [-0.05, 0) is 25.7 Å². The summed E-state index contributed by atoms with van der Waals surface area (Å²) in [6.45, 7) is 0. The fourth-order valence-electron chi connectivity index (χ4n) is 0.856. The van der Waals surface area contributed by atoms with Crippen LogP contribution in [-0.4, -0.2) is 0 Å². The molecule has 0 aromatic carbocycles. The second-order valence-electron chi connectivity index (χ2n) is 2.10. The van der Waals surface area contributed by atoms with E-state index in [9.17, 15) is 0 Å². The van der Waals surface area contributed by atoms with Crippen molar-refractivity contribution >= 4 is 0 Å². The van der Waals surface area contributed by atoms with Gasteiger partial charge in [0.05, 0.1) is 0 Å². The Hall–Kier alpha value is 0.103. The minimum atomic E-state index is 0. The second-order valence-corrected chi connectivity index (χ2v) is 2.10. The van der Waals surface area contributed by atoms with Gasteiger partial charge in [-0.25, -0.2) is 0 Å². The SMILES string of the molecule is C1=CCC/C=C\CC1.[Ru]. The van der Waals surface area contributed by atoms with Gasteiger partial charge in [0.25, 0.3) is 0 Å². The topological polar surface area (TPSA) is 0 Å². The molecule has 0 saturated carbocycles. The molecule has 1 rings (SSSR count). The quantitative estimate of drug-likeness (QED) is 0.425. The summed E-state index contributed by atoms with van der Waals surface area (Å²) >= 11 is 0. The third-order valence-electron chi connectivity index (χ3n) is 1.33. The largest absolute Gasteiger partial charge is 0.0882 e. The zero-order valence-corrected chi connectivity index (χ0v) is 7.23. The van der Waals surface area contributed by atoms with Crippen LogP contribution in [0.3, 0.4) is 0 Å². The van der Waals surface area contributed by atoms with Gasteiger partial charge in [0.2, 0.25) is 0 Å². The van der Waals surface area contributed by atoms with Crippen LogP contribution in [0.5, 0.6) is 0 Å². The first kappa shape index (κ1) is 9.10. The molecule has 9 heavy (non-hydrogen) atoms. The van der Waals surface area contributed by atoms with E-state index in [0.717, 1.165) is 0 Å². The van der Waals surface area contributed by atoms with E-state index in [1.165, 1.54) is 25.7 Å². The fourth-order valence-corrected chi connectivity index (χ4v) is 0.856. The van der Waals surface area contributed by atoms with Crippen LogP contribution in [0.1, 0.15) is 25.7 Å². The van der Waals surface area contributed by atoms with Crippen molar-refractivity contribution in [3.05, 3.63) is 24.3 Å². The first-order chi connectivity index (χ1) is 4.00. The van der Waals surface area contributed by atoms with Crippen LogP contribution in [0, 0.1) is 0 Å². The van der Waals surface area contributed by atoms with Gasteiger partial charge >= 0.3 is 0 Å². The Balaban J connectivity index is 0.000000640. The predicted octanol–water partition coefficient (Wildman–Crippen LogP) is 2.67. The van der Waals surface area contributed by atoms with E-state index >= 15 is 0 Å². The summed E-state index contributed by atoms with van der Waals surface area (Å²) in [7, 11) is 0. The van der Waals surface area contributed by atoms with Gasteiger partial charge in [-0.3, -0.25) is 0 Å². The zero-order valence-electron chi connectivity index (χ0n) is 5.49. The molecule has 0 aliphatic heterocycles. The van der Waals surface area contributed by atoms with Crippen molar-refractivity contribution in [2.75, 3.05) is 0 Å². The smallest absolute Gasteiger partial charge is 0 e. The average molecular weight is 209 g/mol. The summed E-state index contributed by atoms with van der Waals surface area (Å²) in [4.78, 5) is 0. The molecule has 0 unspecified atom stereocenters.